The molecule has 0 aliphatic carbocycles. The second-order valence-electron chi connectivity index (χ2n) is 7.42. The molecule has 1 fully saturated rings. The molecule has 4 rings (SSSR count). The number of nitrogens with zero attached hydrogens (tertiary/aromatic N) is 2. The highest BCUT2D eigenvalue weighted by Crippen LogP contribution is 2.43. The maximum absolute atomic E-state index is 13.4. The third-order valence-electron chi connectivity index (χ3n) is 5.64. The van der Waals surface area contributed by atoms with Crippen LogP contribution in [0.4, 0.5) is 5.69 Å². The van der Waals surface area contributed by atoms with Crippen molar-refractivity contribution in [2.75, 3.05) is 30.3 Å². The van der Waals surface area contributed by atoms with E-state index in [1.165, 1.54) is 0 Å². The zero-order chi connectivity index (χ0) is 19.5. The van der Waals surface area contributed by atoms with E-state index in [1.54, 1.807) is 11.8 Å². The Morgan fingerprint density at radius 2 is 1.68 bits per heavy atom. The number of hydrogen-bond donors (Lipinski definition) is 1. The van der Waals surface area contributed by atoms with Crippen LogP contribution in [0.15, 0.2) is 59.5 Å². The third kappa shape index (κ3) is 3.93. The number of piperidine rings is 1. The minimum atomic E-state index is -0.225. The molecule has 0 bridgehead atoms. The summed E-state index contributed by atoms with van der Waals surface area (Å²) in [6, 6.07) is 18.4. The Hall–Kier alpha value is -2.31. The molecule has 2 amide bonds. The molecule has 2 aromatic carbocycles. The number of hydrogen-bond acceptors (Lipinski definition) is 4. The number of carbonyl (C=O) groups is 2. The smallest absolute Gasteiger partial charge is 0.241 e. The van der Waals surface area contributed by atoms with Crippen LogP contribution < -0.4 is 10.6 Å². The predicted molar refractivity (Wildman–Crippen MR) is 112 cm³/mol. The molecule has 0 radical (unpaired) electrons. The fourth-order valence-corrected chi connectivity index (χ4v) is 5.23. The SMILES string of the molecule is NC(=O)C1CCN(CC(=O)N2c3ccccc3SC[C@H]2c2ccccc2)CC1. The van der Waals surface area contributed by atoms with Crippen molar-refractivity contribution in [3.8, 4) is 0 Å². The zero-order valence-electron chi connectivity index (χ0n) is 15.8. The van der Waals surface area contributed by atoms with Crippen molar-refractivity contribution >= 4 is 29.3 Å². The van der Waals surface area contributed by atoms with Crippen LogP contribution in [0.3, 0.4) is 0 Å². The first-order valence-electron chi connectivity index (χ1n) is 9.74. The number of benzene rings is 2. The van der Waals surface area contributed by atoms with Crippen LogP contribution in [-0.4, -0.2) is 42.1 Å². The molecule has 6 heteroatoms. The van der Waals surface area contributed by atoms with Crippen LogP contribution in [0.2, 0.25) is 0 Å². The van der Waals surface area contributed by atoms with Gasteiger partial charge in [-0.15, -0.1) is 11.8 Å². The fourth-order valence-electron chi connectivity index (χ4n) is 4.06. The Morgan fingerprint density at radius 3 is 2.39 bits per heavy atom. The molecule has 2 N–H and O–H groups in total. The monoisotopic (exact) mass is 395 g/mol. The Kier molecular flexibility index (Phi) is 5.69. The van der Waals surface area contributed by atoms with E-state index in [0.717, 1.165) is 47.8 Å². The fraction of sp³-hybridized carbons (Fsp3) is 0.364. The van der Waals surface area contributed by atoms with Crippen LogP contribution in [0.25, 0.3) is 0 Å². The van der Waals surface area contributed by atoms with Crippen molar-refractivity contribution in [2.24, 2.45) is 11.7 Å². The lowest BCUT2D eigenvalue weighted by molar-refractivity contribution is -0.123. The van der Waals surface area contributed by atoms with Crippen LogP contribution in [-0.2, 0) is 9.59 Å². The number of amides is 2. The number of primary amides is 1. The largest absolute Gasteiger partial charge is 0.369 e. The molecule has 5 nitrogen and oxygen atoms in total. The number of para-hydroxylation sites is 1. The number of fused-ring (bicyclic) bond motifs is 1. The van der Waals surface area contributed by atoms with Gasteiger partial charge in [0.25, 0.3) is 0 Å². The number of likely N-dealkylation sites (tertiary alicyclic amines) is 1. The molecular weight excluding hydrogens is 370 g/mol. The lowest BCUT2D eigenvalue weighted by Gasteiger charge is -2.39. The maximum atomic E-state index is 13.4. The van der Waals surface area contributed by atoms with Crippen molar-refractivity contribution in [1.29, 1.82) is 0 Å². The second kappa shape index (κ2) is 8.37. The van der Waals surface area contributed by atoms with E-state index in [4.69, 9.17) is 5.73 Å². The van der Waals surface area contributed by atoms with E-state index in [1.807, 2.05) is 41.3 Å². The Balaban J connectivity index is 1.55. The number of anilines is 1. The molecular formula is C22H25N3O2S. The van der Waals surface area contributed by atoms with E-state index in [9.17, 15) is 9.59 Å². The minimum Gasteiger partial charge on any atom is -0.369 e. The summed E-state index contributed by atoms with van der Waals surface area (Å²) in [6.07, 6.45) is 1.47. The van der Waals surface area contributed by atoms with Crippen LogP contribution in [0, 0.1) is 5.92 Å². The molecule has 146 valence electrons. The summed E-state index contributed by atoms with van der Waals surface area (Å²) in [6.45, 7) is 1.84. The molecule has 0 saturated carbocycles. The van der Waals surface area contributed by atoms with E-state index >= 15 is 0 Å². The number of carbonyl (C=O) groups excluding carboxylic acids is 2. The van der Waals surface area contributed by atoms with Crippen LogP contribution >= 0.6 is 11.8 Å². The van der Waals surface area contributed by atoms with Crippen molar-refractivity contribution < 1.29 is 9.59 Å². The molecule has 0 spiro atoms. The molecule has 2 aliphatic rings. The molecule has 2 aliphatic heterocycles. The standard InChI is InChI=1S/C22H25N3O2S/c23-22(27)17-10-12-24(13-11-17)14-21(26)25-18-8-4-5-9-20(18)28-15-19(25)16-6-2-1-3-7-16/h1-9,17,19H,10-15H2,(H2,23,27)/t19-/m0/s1. The number of nitrogens with two attached hydrogens (primary N) is 1. The molecule has 0 unspecified atom stereocenters. The normalized spacial score (nSPS) is 20.6. The first-order chi connectivity index (χ1) is 13.6. The van der Waals surface area contributed by atoms with Crippen LogP contribution in [0.5, 0.6) is 0 Å². The van der Waals surface area contributed by atoms with Gasteiger partial charge in [0.15, 0.2) is 0 Å². The summed E-state index contributed by atoms with van der Waals surface area (Å²) < 4.78 is 0. The highest BCUT2D eigenvalue weighted by atomic mass is 32.2. The average molecular weight is 396 g/mol. The summed E-state index contributed by atoms with van der Waals surface area (Å²) in [7, 11) is 0. The van der Waals surface area contributed by atoms with E-state index in [0.29, 0.717) is 6.54 Å². The predicted octanol–water partition coefficient (Wildman–Crippen LogP) is 3.06. The van der Waals surface area contributed by atoms with Gasteiger partial charge in [0, 0.05) is 16.6 Å². The summed E-state index contributed by atoms with van der Waals surface area (Å²) in [5.41, 5.74) is 7.58. The Morgan fingerprint density at radius 1 is 1.00 bits per heavy atom. The molecule has 28 heavy (non-hydrogen) atoms. The van der Waals surface area contributed by atoms with Gasteiger partial charge in [0.2, 0.25) is 11.8 Å². The summed E-state index contributed by atoms with van der Waals surface area (Å²) in [4.78, 5) is 30.1. The summed E-state index contributed by atoms with van der Waals surface area (Å²) in [5, 5.41) is 0. The van der Waals surface area contributed by atoms with Gasteiger partial charge in [-0.2, -0.15) is 0 Å². The van der Waals surface area contributed by atoms with Gasteiger partial charge in [0.1, 0.15) is 0 Å². The number of thioether (sulfide) groups is 1. The van der Waals surface area contributed by atoms with Gasteiger partial charge in [-0.25, -0.2) is 0 Å². The zero-order valence-corrected chi connectivity index (χ0v) is 16.6. The maximum Gasteiger partial charge on any atom is 0.241 e. The van der Waals surface area contributed by atoms with E-state index in [2.05, 4.69) is 23.1 Å². The van der Waals surface area contributed by atoms with E-state index in [-0.39, 0.29) is 23.8 Å². The molecule has 2 heterocycles. The first kappa shape index (κ1) is 19.0. The van der Waals surface area contributed by atoms with Gasteiger partial charge in [0.05, 0.1) is 18.3 Å². The first-order valence-corrected chi connectivity index (χ1v) is 10.7. The summed E-state index contributed by atoms with van der Waals surface area (Å²) >= 11 is 1.80. The van der Waals surface area contributed by atoms with Gasteiger partial charge < -0.3 is 10.6 Å². The molecule has 1 saturated heterocycles. The van der Waals surface area contributed by atoms with Crippen LogP contribution in [0.1, 0.15) is 24.4 Å². The van der Waals surface area contributed by atoms with Gasteiger partial charge >= 0.3 is 0 Å². The topological polar surface area (TPSA) is 66.6 Å². The van der Waals surface area contributed by atoms with Gasteiger partial charge in [-0.1, -0.05) is 42.5 Å². The minimum absolute atomic E-state index is 0.0248. The lowest BCUT2D eigenvalue weighted by Crippen LogP contribution is -2.47. The highest BCUT2D eigenvalue weighted by molar-refractivity contribution is 7.99. The Bertz CT molecular complexity index is 850. The van der Waals surface area contributed by atoms with Gasteiger partial charge in [-0.05, 0) is 43.6 Å². The average Bonchev–Trinajstić information content (AvgIpc) is 2.74. The van der Waals surface area contributed by atoms with Crippen molar-refractivity contribution in [3.05, 3.63) is 60.2 Å². The third-order valence-corrected chi connectivity index (χ3v) is 6.77. The van der Waals surface area contributed by atoms with Crippen molar-refractivity contribution in [1.82, 2.24) is 4.90 Å². The molecule has 1 atom stereocenters. The van der Waals surface area contributed by atoms with Crippen molar-refractivity contribution in [3.63, 3.8) is 0 Å². The Labute approximate surface area is 169 Å². The van der Waals surface area contributed by atoms with E-state index < -0.39 is 0 Å². The van der Waals surface area contributed by atoms with Gasteiger partial charge in [-0.3, -0.25) is 14.5 Å². The molecule has 2 aromatic rings. The number of rotatable bonds is 4. The summed E-state index contributed by atoms with van der Waals surface area (Å²) in [5.74, 6) is 0.669. The second-order valence-corrected chi connectivity index (χ2v) is 8.48. The highest BCUT2D eigenvalue weighted by Gasteiger charge is 2.34. The van der Waals surface area contributed by atoms with Crippen molar-refractivity contribution in [2.45, 2.75) is 23.8 Å². The molecule has 0 aromatic heterocycles. The lowest BCUT2D eigenvalue weighted by atomic mass is 9.96. The quantitative estimate of drug-likeness (QED) is 0.864.